The van der Waals surface area contributed by atoms with Gasteiger partial charge in [0.15, 0.2) is 5.82 Å². The zero-order chi connectivity index (χ0) is 27.3. The van der Waals surface area contributed by atoms with E-state index >= 15 is 0 Å². The number of hydrogen-bond acceptors (Lipinski definition) is 7. The number of carbonyl (C=O) groups is 1. The summed E-state index contributed by atoms with van der Waals surface area (Å²) in [4.78, 5) is 20.4. The molecule has 1 aliphatic carbocycles. The first-order valence-electron chi connectivity index (χ1n) is 13.0. The van der Waals surface area contributed by atoms with Crippen LogP contribution < -0.4 is 14.4 Å². The van der Waals surface area contributed by atoms with Crippen molar-refractivity contribution in [2.75, 3.05) is 18.1 Å². The number of amides is 1. The lowest BCUT2D eigenvalue weighted by Crippen LogP contribution is -2.41. The summed E-state index contributed by atoms with van der Waals surface area (Å²) in [7, 11) is -4.06. The maximum absolute atomic E-state index is 13.4. The first-order valence-corrected chi connectivity index (χ1v) is 14.4. The average molecular weight is 538 g/mol. The van der Waals surface area contributed by atoms with Gasteiger partial charge in [0, 0.05) is 29.8 Å². The second-order valence-corrected chi connectivity index (χ2v) is 13.4. The lowest BCUT2D eigenvalue weighted by atomic mass is 9.97. The van der Waals surface area contributed by atoms with Crippen LogP contribution in [0, 0.1) is 18.3 Å². The van der Waals surface area contributed by atoms with Crippen molar-refractivity contribution in [1.82, 2.24) is 19.5 Å². The van der Waals surface area contributed by atoms with Crippen molar-refractivity contribution in [3.8, 4) is 11.7 Å². The largest absolute Gasteiger partial charge is 0.476 e. The standard InChI is InChI=1S/C28H35N5O4S/c1-19-6-8-21(9-7-19)38(35,36)31-26(34)22-10-11-23(29-25(22)32-17-20(2)16-27(32,3)4)33-15-12-24(30-33)37-18-28(5)13-14-28/h6-12,15,20H,13-14,16-18H2,1-5H3,(H,31,34)/t20-/m0/s1. The SMILES string of the molecule is Cc1ccc(S(=O)(=O)NC(=O)c2ccc(-n3ccc(OCC4(C)CC4)n3)nc2N2C[C@@H](C)CC2(C)C)cc1. The zero-order valence-electron chi connectivity index (χ0n) is 22.6. The van der Waals surface area contributed by atoms with Gasteiger partial charge in [-0.3, -0.25) is 4.79 Å². The van der Waals surface area contributed by atoms with E-state index in [0.717, 1.165) is 24.8 Å². The third-order valence-corrected chi connectivity index (χ3v) is 8.81. The minimum absolute atomic E-state index is 0.0295. The molecular formula is C28H35N5O4S. The van der Waals surface area contributed by atoms with Gasteiger partial charge >= 0.3 is 0 Å². The van der Waals surface area contributed by atoms with E-state index in [-0.39, 0.29) is 21.4 Å². The maximum atomic E-state index is 13.4. The van der Waals surface area contributed by atoms with E-state index in [1.807, 2.05) is 6.92 Å². The molecule has 0 bridgehead atoms. The summed E-state index contributed by atoms with van der Waals surface area (Å²) >= 11 is 0. The van der Waals surface area contributed by atoms with Crippen molar-refractivity contribution in [2.24, 2.45) is 11.3 Å². The van der Waals surface area contributed by atoms with E-state index < -0.39 is 15.9 Å². The first kappa shape index (κ1) is 26.2. The van der Waals surface area contributed by atoms with Crippen LogP contribution in [0.25, 0.3) is 5.82 Å². The van der Waals surface area contributed by atoms with E-state index in [9.17, 15) is 13.2 Å². The Bertz CT molecular complexity index is 1460. The molecule has 9 nitrogen and oxygen atoms in total. The van der Waals surface area contributed by atoms with Crippen LogP contribution in [0.4, 0.5) is 5.82 Å². The molecule has 2 aliphatic rings. The third kappa shape index (κ3) is 5.41. The molecule has 1 N–H and O–H groups in total. The highest BCUT2D eigenvalue weighted by molar-refractivity contribution is 7.90. The number of benzene rings is 1. The predicted molar refractivity (Wildman–Crippen MR) is 145 cm³/mol. The van der Waals surface area contributed by atoms with Gasteiger partial charge in [0.25, 0.3) is 15.9 Å². The molecular weight excluding hydrogens is 502 g/mol. The van der Waals surface area contributed by atoms with Gasteiger partial charge in [0.1, 0.15) is 5.82 Å². The highest BCUT2D eigenvalue weighted by Gasteiger charge is 2.40. The van der Waals surface area contributed by atoms with Crippen LogP contribution in [-0.4, -0.2) is 47.8 Å². The van der Waals surface area contributed by atoms with Crippen molar-refractivity contribution >= 4 is 21.7 Å². The van der Waals surface area contributed by atoms with Crippen LogP contribution in [0.3, 0.4) is 0 Å². The number of aromatic nitrogens is 3. The minimum Gasteiger partial charge on any atom is -0.476 e. The Morgan fingerprint density at radius 1 is 1.11 bits per heavy atom. The van der Waals surface area contributed by atoms with Gasteiger partial charge in [-0.25, -0.2) is 22.8 Å². The van der Waals surface area contributed by atoms with Gasteiger partial charge in [-0.2, -0.15) is 0 Å². The van der Waals surface area contributed by atoms with Gasteiger partial charge in [-0.05, 0) is 70.2 Å². The van der Waals surface area contributed by atoms with Crippen LogP contribution in [0.15, 0.2) is 53.6 Å². The maximum Gasteiger partial charge on any atom is 0.268 e. The summed E-state index contributed by atoms with van der Waals surface area (Å²) in [6.07, 6.45) is 5.01. The monoisotopic (exact) mass is 537 g/mol. The van der Waals surface area contributed by atoms with Crippen molar-refractivity contribution < 1.29 is 17.9 Å². The van der Waals surface area contributed by atoms with E-state index in [1.54, 1.807) is 41.2 Å². The number of nitrogens with zero attached hydrogens (tertiary/aromatic N) is 4. The van der Waals surface area contributed by atoms with Crippen molar-refractivity contribution in [1.29, 1.82) is 0 Å². The molecule has 3 heterocycles. The molecule has 1 aliphatic heterocycles. The molecule has 2 fully saturated rings. The number of hydrogen-bond donors (Lipinski definition) is 1. The summed E-state index contributed by atoms with van der Waals surface area (Å²) in [5.41, 5.74) is 1.09. The predicted octanol–water partition coefficient (Wildman–Crippen LogP) is 4.50. The molecule has 0 unspecified atom stereocenters. The highest BCUT2D eigenvalue weighted by Crippen LogP contribution is 2.45. The summed E-state index contributed by atoms with van der Waals surface area (Å²) in [6.45, 7) is 11.7. The smallest absolute Gasteiger partial charge is 0.268 e. The Labute approximate surface area is 224 Å². The molecule has 1 aromatic carbocycles. The number of nitrogens with one attached hydrogen (secondary N) is 1. The van der Waals surface area contributed by atoms with E-state index in [4.69, 9.17) is 9.72 Å². The van der Waals surface area contributed by atoms with Crippen molar-refractivity contribution in [2.45, 2.75) is 64.3 Å². The first-order chi connectivity index (χ1) is 17.9. The van der Waals surface area contributed by atoms with Crippen LogP contribution >= 0.6 is 0 Å². The lowest BCUT2D eigenvalue weighted by molar-refractivity contribution is 0.0981. The van der Waals surface area contributed by atoms with Crippen molar-refractivity contribution in [3.63, 3.8) is 0 Å². The Kier molecular flexibility index (Phi) is 6.49. The molecule has 1 saturated carbocycles. The Hall–Kier alpha value is -3.40. The zero-order valence-corrected chi connectivity index (χ0v) is 23.4. The van der Waals surface area contributed by atoms with Crippen molar-refractivity contribution in [3.05, 3.63) is 59.8 Å². The number of sulfonamides is 1. The van der Waals surface area contributed by atoms with Gasteiger partial charge in [0.2, 0.25) is 5.88 Å². The van der Waals surface area contributed by atoms with Gasteiger partial charge in [-0.1, -0.05) is 31.5 Å². The number of ether oxygens (including phenoxy) is 1. The number of aryl methyl sites for hydroxylation is 1. The average Bonchev–Trinajstić information content (AvgIpc) is 3.28. The van der Waals surface area contributed by atoms with E-state index in [1.165, 1.54) is 12.1 Å². The minimum atomic E-state index is -4.06. The number of anilines is 1. The third-order valence-electron chi connectivity index (χ3n) is 7.46. The normalized spacial score (nSPS) is 19.8. The molecule has 10 heteroatoms. The fourth-order valence-corrected chi connectivity index (χ4v) is 5.95. The van der Waals surface area contributed by atoms with Gasteiger partial charge in [0.05, 0.1) is 17.1 Å². The van der Waals surface area contributed by atoms with Crippen LogP contribution in [0.5, 0.6) is 5.88 Å². The van der Waals surface area contributed by atoms with Gasteiger partial charge < -0.3 is 9.64 Å². The topological polar surface area (TPSA) is 106 Å². The molecule has 1 saturated heterocycles. The molecule has 202 valence electrons. The summed E-state index contributed by atoms with van der Waals surface area (Å²) in [5, 5.41) is 4.53. The van der Waals surface area contributed by atoms with Crippen LogP contribution in [-0.2, 0) is 10.0 Å². The second kappa shape index (κ2) is 9.41. The molecule has 3 aromatic rings. The summed E-state index contributed by atoms with van der Waals surface area (Å²) in [5.74, 6) is 1.12. The molecule has 0 spiro atoms. The summed E-state index contributed by atoms with van der Waals surface area (Å²) < 4.78 is 35.7. The highest BCUT2D eigenvalue weighted by atomic mass is 32.2. The number of carbonyl (C=O) groups excluding carboxylic acids is 1. The summed E-state index contributed by atoms with van der Waals surface area (Å²) in [6, 6.07) is 11.4. The molecule has 38 heavy (non-hydrogen) atoms. The second-order valence-electron chi connectivity index (χ2n) is 11.7. The molecule has 2 aromatic heterocycles. The Morgan fingerprint density at radius 2 is 1.82 bits per heavy atom. The quantitative estimate of drug-likeness (QED) is 0.451. The van der Waals surface area contributed by atoms with Crippen LogP contribution in [0.2, 0.25) is 0 Å². The number of rotatable bonds is 8. The lowest BCUT2D eigenvalue weighted by Gasteiger charge is -2.34. The number of pyridine rings is 1. The molecule has 5 rings (SSSR count). The fourth-order valence-electron chi connectivity index (χ4n) is 4.98. The Morgan fingerprint density at radius 3 is 2.45 bits per heavy atom. The fraction of sp³-hybridized carbons (Fsp3) is 0.464. The molecule has 1 amide bonds. The molecule has 1 atom stereocenters. The Balaban J connectivity index is 1.47. The van der Waals surface area contributed by atoms with Crippen LogP contribution in [0.1, 0.15) is 62.9 Å². The van der Waals surface area contributed by atoms with E-state index in [2.05, 4.69) is 42.4 Å². The van der Waals surface area contributed by atoms with E-state index in [0.29, 0.717) is 36.6 Å². The van der Waals surface area contributed by atoms with Gasteiger partial charge in [-0.15, -0.1) is 5.10 Å². The molecule has 0 radical (unpaired) electrons.